The number of hydrogen-bond donors (Lipinski definition) is 3. The van der Waals surface area contributed by atoms with Crippen molar-refractivity contribution in [3.63, 3.8) is 0 Å². The molecule has 1 aromatic heterocycles. The number of non-ortho nitro benzene ring substituents is 1. The molecule has 2 aromatic rings. The van der Waals surface area contributed by atoms with Crippen LogP contribution in [-0.2, 0) is 9.53 Å². The molecular weight excluding hydrogens is 540 g/mol. The molecule has 230 valence electrons. The molecule has 0 spiro atoms. The quantitative estimate of drug-likeness (QED) is 0.227. The molecule has 4 aliphatic rings. The third-order valence-corrected chi connectivity index (χ3v) is 12.5. The smallest absolute Gasteiger partial charge is 0.305 e. The summed E-state index contributed by atoms with van der Waals surface area (Å²) in [6, 6.07) is 3.23. The first-order chi connectivity index (χ1) is 20.0. The number of carbonyl (C=O) groups excluding carboxylic acids is 1. The van der Waals surface area contributed by atoms with E-state index in [1.54, 1.807) is 6.07 Å². The van der Waals surface area contributed by atoms with Gasteiger partial charge in [-0.25, -0.2) is 4.63 Å². The number of methoxy groups -OCH3 is 1. The Kier molecular flexibility index (Phi) is 7.48. The van der Waals surface area contributed by atoms with E-state index in [-0.39, 0.29) is 57.7 Å². The first-order valence-corrected chi connectivity index (χ1v) is 15.6. The molecule has 4 aliphatic carbocycles. The lowest BCUT2D eigenvalue weighted by Crippen LogP contribution is -2.62. The van der Waals surface area contributed by atoms with Gasteiger partial charge in [0.15, 0.2) is 5.52 Å². The summed E-state index contributed by atoms with van der Waals surface area (Å²) in [6.07, 6.45) is 6.52. The van der Waals surface area contributed by atoms with E-state index < -0.39 is 17.1 Å². The highest BCUT2D eigenvalue weighted by Crippen LogP contribution is 2.68. The standard InChI is InChI=1S/C31H44N4O7/c1-16(5-10-26(38)41-4)19-6-7-20-27-21(15-25(37)31(19,20)3)30(2)12-11-18(13-17(30)14-24(27)36)32-22-8-9-23(35(39)40)29-28(22)33-42-34-29/h8-9,16-21,24-25,27,32,36-37H,5-7,10-15H2,1-4H3/t16-,17+,18-,19?,20?,21?,24+,25?,27-,30?,31?/m1/s1. The van der Waals surface area contributed by atoms with Crippen molar-refractivity contribution in [3.05, 3.63) is 22.2 Å². The van der Waals surface area contributed by atoms with Crippen molar-refractivity contribution in [1.29, 1.82) is 0 Å². The number of aliphatic hydroxyl groups excluding tert-OH is 2. The number of nitrogens with one attached hydrogen (secondary N) is 1. The van der Waals surface area contributed by atoms with Crippen LogP contribution in [0.2, 0.25) is 0 Å². The molecular formula is C31H44N4O7. The number of carbonyl (C=O) groups is 1. The fraction of sp³-hybridized carbons (Fsp3) is 0.774. The number of fused-ring (bicyclic) bond motifs is 6. The Labute approximate surface area is 245 Å². The minimum Gasteiger partial charge on any atom is -0.469 e. The number of anilines is 1. The van der Waals surface area contributed by atoms with Crippen LogP contribution in [0.25, 0.3) is 11.0 Å². The van der Waals surface area contributed by atoms with Crippen molar-refractivity contribution in [2.75, 3.05) is 12.4 Å². The van der Waals surface area contributed by atoms with Crippen molar-refractivity contribution in [2.24, 2.45) is 46.3 Å². The van der Waals surface area contributed by atoms with Crippen LogP contribution in [0.5, 0.6) is 0 Å². The zero-order valence-corrected chi connectivity index (χ0v) is 25.0. The first kappa shape index (κ1) is 29.3. The second-order valence-corrected chi connectivity index (χ2v) is 14.2. The molecule has 4 saturated carbocycles. The third kappa shape index (κ3) is 4.49. The molecule has 1 heterocycles. The number of ether oxygens (including phenoxy) is 1. The normalized spacial score (nSPS) is 40.0. The van der Waals surface area contributed by atoms with Gasteiger partial charge in [-0.1, -0.05) is 20.8 Å². The molecule has 0 radical (unpaired) electrons. The Bertz CT molecular complexity index is 1350. The summed E-state index contributed by atoms with van der Waals surface area (Å²) in [6.45, 7) is 6.83. The summed E-state index contributed by atoms with van der Waals surface area (Å²) in [5, 5.41) is 46.2. The Morgan fingerprint density at radius 2 is 1.93 bits per heavy atom. The van der Waals surface area contributed by atoms with Crippen LogP contribution >= 0.6 is 0 Å². The Morgan fingerprint density at radius 3 is 2.67 bits per heavy atom. The molecule has 4 fully saturated rings. The highest BCUT2D eigenvalue weighted by Gasteiger charge is 2.65. The van der Waals surface area contributed by atoms with Gasteiger partial charge in [0.2, 0.25) is 5.52 Å². The number of nitro benzene ring substituents is 1. The van der Waals surface area contributed by atoms with Gasteiger partial charge in [-0.2, -0.15) is 0 Å². The number of nitro groups is 1. The van der Waals surface area contributed by atoms with Crippen LogP contribution in [0.4, 0.5) is 11.4 Å². The van der Waals surface area contributed by atoms with Crippen LogP contribution in [0.15, 0.2) is 16.8 Å². The van der Waals surface area contributed by atoms with Gasteiger partial charge >= 0.3 is 11.7 Å². The minimum atomic E-state index is -0.485. The van der Waals surface area contributed by atoms with Gasteiger partial charge in [-0.15, -0.1) is 0 Å². The second kappa shape index (κ2) is 10.7. The van der Waals surface area contributed by atoms with Crippen LogP contribution in [0.3, 0.4) is 0 Å². The SMILES string of the molecule is COC(=O)CC[C@@H](C)C1CCC2[C@@H]3C(CC(O)C21C)C1(C)CC[C@@H](Nc2ccc([N+](=O)[O-])c4nonc24)C[C@H]1C[C@@H]3O. The summed E-state index contributed by atoms with van der Waals surface area (Å²) in [5.74, 6) is 1.37. The number of hydrogen-bond acceptors (Lipinski definition) is 10. The molecule has 6 unspecified atom stereocenters. The average molecular weight is 585 g/mol. The fourth-order valence-electron chi connectivity index (χ4n) is 10.3. The number of esters is 1. The van der Waals surface area contributed by atoms with Gasteiger partial charge in [0, 0.05) is 18.5 Å². The zero-order chi connectivity index (χ0) is 30.0. The molecule has 0 aliphatic heterocycles. The van der Waals surface area contributed by atoms with E-state index in [1.807, 2.05) is 0 Å². The van der Waals surface area contributed by atoms with Crippen LogP contribution < -0.4 is 5.32 Å². The van der Waals surface area contributed by atoms with Gasteiger partial charge in [0.05, 0.1) is 29.9 Å². The summed E-state index contributed by atoms with van der Waals surface area (Å²) in [5.41, 5.74) is 0.764. The first-order valence-electron chi connectivity index (χ1n) is 15.6. The Morgan fingerprint density at radius 1 is 1.17 bits per heavy atom. The van der Waals surface area contributed by atoms with Crippen molar-refractivity contribution >= 4 is 28.4 Å². The lowest BCUT2D eigenvalue weighted by molar-refractivity contribution is -0.383. The van der Waals surface area contributed by atoms with E-state index in [2.05, 4.69) is 36.4 Å². The lowest BCUT2D eigenvalue weighted by atomic mass is 9.43. The Hall–Kier alpha value is -2.79. The molecule has 11 atom stereocenters. The highest BCUT2D eigenvalue weighted by atomic mass is 16.6. The van der Waals surface area contributed by atoms with Crippen LogP contribution in [-0.4, -0.2) is 56.8 Å². The summed E-state index contributed by atoms with van der Waals surface area (Å²) >= 11 is 0. The predicted molar refractivity (Wildman–Crippen MR) is 154 cm³/mol. The molecule has 0 bridgehead atoms. The largest absolute Gasteiger partial charge is 0.469 e. The number of aromatic nitrogens is 2. The molecule has 0 amide bonds. The van der Waals surface area contributed by atoms with Gasteiger partial charge in [-0.3, -0.25) is 14.9 Å². The minimum absolute atomic E-state index is 0.0131. The molecule has 11 nitrogen and oxygen atoms in total. The van der Waals surface area contributed by atoms with E-state index in [0.717, 1.165) is 44.9 Å². The monoisotopic (exact) mass is 584 g/mol. The molecule has 0 saturated heterocycles. The number of rotatable bonds is 7. The molecule has 1 aromatic carbocycles. The third-order valence-electron chi connectivity index (χ3n) is 12.5. The van der Waals surface area contributed by atoms with Gasteiger partial charge in [-0.05, 0) is 114 Å². The van der Waals surface area contributed by atoms with Crippen LogP contribution in [0.1, 0.15) is 78.6 Å². The van der Waals surface area contributed by atoms with E-state index in [0.29, 0.717) is 35.9 Å². The van der Waals surface area contributed by atoms with Crippen molar-refractivity contribution in [3.8, 4) is 0 Å². The van der Waals surface area contributed by atoms with Crippen molar-refractivity contribution in [1.82, 2.24) is 10.3 Å². The molecule has 6 rings (SSSR count). The van der Waals surface area contributed by atoms with Gasteiger partial charge in [0.1, 0.15) is 0 Å². The van der Waals surface area contributed by atoms with E-state index in [1.165, 1.54) is 13.2 Å². The highest BCUT2D eigenvalue weighted by molar-refractivity contribution is 5.93. The van der Waals surface area contributed by atoms with Crippen molar-refractivity contribution in [2.45, 2.75) is 96.8 Å². The van der Waals surface area contributed by atoms with Gasteiger partial charge in [0.25, 0.3) is 0 Å². The van der Waals surface area contributed by atoms with Crippen molar-refractivity contribution < 1.29 is 29.3 Å². The fourth-order valence-corrected chi connectivity index (χ4v) is 10.3. The maximum Gasteiger partial charge on any atom is 0.305 e. The Balaban J connectivity index is 1.19. The summed E-state index contributed by atoms with van der Waals surface area (Å²) < 4.78 is 9.71. The lowest BCUT2D eigenvalue weighted by Gasteiger charge is -2.63. The number of benzene rings is 1. The summed E-state index contributed by atoms with van der Waals surface area (Å²) in [4.78, 5) is 22.7. The van der Waals surface area contributed by atoms with Crippen LogP contribution in [0, 0.1) is 56.5 Å². The van der Waals surface area contributed by atoms with E-state index in [9.17, 15) is 25.1 Å². The number of nitrogens with zero attached hydrogens (tertiary/aromatic N) is 3. The maximum atomic E-state index is 11.8. The topological polar surface area (TPSA) is 161 Å². The second-order valence-electron chi connectivity index (χ2n) is 14.2. The van der Waals surface area contributed by atoms with E-state index >= 15 is 0 Å². The van der Waals surface area contributed by atoms with E-state index in [4.69, 9.17) is 9.37 Å². The number of aliphatic hydroxyl groups is 2. The summed E-state index contributed by atoms with van der Waals surface area (Å²) in [7, 11) is 1.43. The molecule has 42 heavy (non-hydrogen) atoms. The average Bonchev–Trinajstić information content (AvgIpc) is 3.59. The molecule has 3 N–H and O–H groups in total. The molecule has 11 heteroatoms. The predicted octanol–water partition coefficient (Wildman–Crippen LogP) is 5.10. The maximum absolute atomic E-state index is 11.8. The van der Waals surface area contributed by atoms with Gasteiger partial charge < -0.3 is 20.3 Å². The zero-order valence-electron chi connectivity index (χ0n) is 25.0.